The second-order valence-electron chi connectivity index (χ2n) is 13.6. The molecular formula is C29H53LuOSi3. The summed E-state index contributed by atoms with van der Waals surface area (Å²) in [5.74, 6) is 1.10. The van der Waals surface area contributed by atoms with E-state index in [1.54, 1.807) is 5.20 Å². The van der Waals surface area contributed by atoms with Gasteiger partial charge in [0.1, 0.15) is 5.75 Å². The maximum Gasteiger partial charge on any atom is 3.00 e. The molecule has 1 aliphatic rings. The summed E-state index contributed by atoms with van der Waals surface area (Å²) in [5.41, 5.74) is 5.44. The van der Waals surface area contributed by atoms with Crippen molar-refractivity contribution in [2.45, 2.75) is 106 Å². The van der Waals surface area contributed by atoms with Crippen molar-refractivity contribution in [2.75, 3.05) is 7.11 Å². The van der Waals surface area contributed by atoms with Crippen LogP contribution in [0.15, 0.2) is 28.5 Å². The summed E-state index contributed by atoms with van der Waals surface area (Å²) in [6, 6.07) is 4.65. The molecule has 0 saturated heterocycles. The van der Waals surface area contributed by atoms with Crippen molar-refractivity contribution in [2.24, 2.45) is 0 Å². The van der Waals surface area contributed by atoms with E-state index in [1.165, 1.54) is 27.5 Å². The zero-order chi connectivity index (χ0) is 26.6. The van der Waals surface area contributed by atoms with Crippen molar-refractivity contribution in [3.05, 3.63) is 58.8 Å². The maximum absolute atomic E-state index is 5.95. The summed E-state index contributed by atoms with van der Waals surface area (Å²) in [7, 11) is -1.69. The summed E-state index contributed by atoms with van der Waals surface area (Å²) in [6.07, 6.45) is 4.61. The Morgan fingerprint density at radius 2 is 1.26 bits per heavy atom. The van der Waals surface area contributed by atoms with Gasteiger partial charge < -0.3 is 17.8 Å². The second kappa shape index (κ2) is 13.8. The minimum atomic E-state index is -1.79. The number of ether oxygens (including phenoxy) is 1. The predicted octanol–water partition coefficient (Wildman–Crippen LogP) is 8.62. The number of hydrogen-bond acceptors (Lipinski definition) is 1. The average Bonchev–Trinajstić information content (AvgIpc) is 2.89. The zero-order valence-corrected chi connectivity index (χ0v) is 29.6. The first-order valence-electron chi connectivity index (χ1n) is 12.2. The van der Waals surface area contributed by atoms with Crippen LogP contribution in [0, 0.1) is 63.0 Å². The Morgan fingerprint density at radius 3 is 1.56 bits per heavy atom. The van der Waals surface area contributed by atoms with Crippen molar-refractivity contribution >= 4 is 29.4 Å². The standard InChI is InChI=1S/C21H31OSi.2C4H11Si.Lu/c1-14-10-16(3)18(12-14)23(8,9)19-13-15(2)11-17(20(19)22-7)21(4,5)6;2*1-5(2,3)4;/h11,13H,12H2,1-9H3;2*1H2,2-4H3;/q3*-1;+3. The molecule has 0 heterocycles. The Morgan fingerprint density at radius 1 is 0.853 bits per heavy atom. The SMILES string of the molecule is COc1c(C(C)(C)C)cc(C)cc1[Si](C)(C)C1=C(C)[C-]=C(C)C1.[CH2-][Si](C)(C)C.[CH2-][Si](C)(C)C.[Lu+3]. The van der Waals surface area contributed by atoms with Crippen LogP contribution in [0.2, 0.25) is 52.4 Å². The van der Waals surface area contributed by atoms with Gasteiger partial charge in [-0.15, -0.1) is 16.1 Å². The summed E-state index contributed by atoms with van der Waals surface area (Å²) in [4.78, 5) is 0. The quantitative estimate of drug-likeness (QED) is 0.230. The molecule has 0 fully saturated rings. The topological polar surface area (TPSA) is 9.23 Å². The first-order valence-corrected chi connectivity index (χ1v) is 22.6. The molecule has 0 aromatic heterocycles. The predicted molar refractivity (Wildman–Crippen MR) is 161 cm³/mol. The molecule has 0 aliphatic heterocycles. The molecule has 1 aromatic rings. The first-order chi connectivity index (χ1) is 14.5. The molecule has 0 saturated carbocycles. The zero-order valence-electron chi connectivity index (χ0n) is 24.9. The summed E-state index contributed by atoms with van der Waals surface area (Å²) < 4.78 is 5.95. The Balaban J connectivity index is 0. The smallest absolute Gasteiger partial charge is 0.497 e. The molecule has 0 amide bonds. The molecule has 5 heteroatoms. The fourth-order valence-electron chi connectivity index (χ4n) is 3.70. The van der Waals surface area contributed by atoms with Gasteiger partial charge in [-0.25, -0.2) is 16.8 Å². The molecule has 0 spiro atoms. The van der Waals surface area contributed by atoms with Crippen LogP contribution in [-0.4, -0.2) is 31.3 Å². The van der Waals surface area contributed by atoms with Gasteiger partial charge in [-0.2, -0.15) is 5.57 Å². The molecular weight excluding hydrogens is 624 g/mol. The van der Waals surface area contributed by atoms with Gasteiger partial charge >= 0.3 is 36.9 Å². The maximum atomic E-state index is 5.95. The number of hydrogen-bond donors (Lipinski definition) is 0. The van der Waals surface area contributed by atoms with E-state index >= 15 is 0 Å². The van der Waals surface area contributed by atoms with E-state index in [4.69, 9.17) is 4.74 Å². The van der Waals surface area contributed by atoms with Gasteiger partial charge in [-0.1, -0.05) is 111 Å². The monoisotopic (exact) mass is 676 g/mol. The van der Waals surface area contributed by atoms with Crippen LogP contribution in [0.4, 0.5) is 0 Å². The van der Waals surface area contributed by atoms with E-state index in [-0.39, 0.29) is 42.3 Å². The molecule has 0 unspecified atom stereocenters. The van der Waals surface area contributed by atoms with Crippen molar-refractivity contribution in [1.29, 1.82) is 0 Å². The minimum Gasteiger partial charge on any atom is -0.497 e. The Bertz CT molecular complexity index is 837. The van der Waals surface area contributed by atoms with Crippen LogP contribution in [0.1, 0.15) is 52.2 Å². The Kier molecular flexibility index (Phi) is 14.8. The van der Waals surface area contributed by atoms with Crippen LogP contribution in [0.3, 0.4) is 0 Å². The molecule has 0 bridgehead atoms. The van der Waals surface area contributed by atoms with Crippen molar-refractivity contribution < 1.29 is 41.6 Å². The van der Waals surface area contributed by atoms with Gasteiger partial charge in [0.15, 0.2) is 0 Å². The summed E-state index contributed by atoms with van der Waals surface area (Å²) in [5, 5.41) is 3.02. The molecule has 202 valence electrons. The van der Waals surface area contributed by atoms with Gasteiger partial charge in [0.25, 0.3) is 0 Å². The number of benzene rings is 1. The van der Waals surface area contributed by atoms with E-state index in [9.17, 15) is 0 Å². The number of rotatable bonds is 3. The first kappa shape index (κ1) is 36.5. The molecule has 0 atom stereocenters. The normalized spacial score (nSPS) is 14.3. The minimum absolute atomic E-state index is 0. The van der Waals surface area contributed by atoms with Crippen LogP contribution in [-0.2, 0) is 5.41 Å². The second-order valence-corrected chi connectivity index (χ2v) is 28.2. The molecule has 0 N–H and O–H groups in total. The Labute approximate surface area is 246 Å². The van der Waals surface area contributed by atoms with E-state index in [1.807, 2.05) is 7.11 Å². The molecule has 1 nitrogen and oxygen atoms in total. The van der Waals surface area contributed by atoms with Gasteiger partial charge in [-0.05, 0) is 23.1 Å². The third kappa shape index (κ3) is 13.6. The summed E-state index contributed by atoms with van der Waals surface area (Å²) in [6.45, 7) is 39.4. The van der Waals surface area contributed by atoms with Crippen LogP contribution >= 0.6 is 0 Å². The molecule has 34 heavy (non-hydrogen) atoms. The largest absolute Gasteiger partial charge is 3.00 e. The molecule has 1 aliphatic carbocycles. The number of aryl methyl sites for hydroxylation is 1. The third-order valence-corrected chi connectivity index (χ3v) is 8.75. The van der Waals surface area contributed by atoms with Crippen LogP contribution < -0.4 is 9.92 Å². The van der Waals surface area contributed by atoms with Crippen LogP contribution in [0.5, 0.6) is 5.75 Å². The average molecular weight is 677 g/mol. The summed E-state index contributed by atoms with van der Waals surface area (Å²) >= 11 is 0. The van der Waals surface area contributed by atoms with E-state index in [0.29, 0.717) is 0 Å². The number of methoxy groups -OCH3 is 1. The van der Waals surface area contributed by atoms with Crippen molar-refractivity contribution in [3.8, 4) is 5.75 Å². The van der Waals surface area contributed by atoms with Crippen molar-refractivity contribution in [3.63, 3.8) is 0 Å². The van der Waals surface area contributed by atoms with Gasteiger partial charge in [0.05, 0.1) is 7.11 Å². The molecule has 2 rings (SSSR count). The third-order valence-electron chi connectivity index (χ3n) is 4.97. The van der Waals surface area contributed by atoms with Crippen LogP contribution in [0.25, 0.3) is 0 Å². The molecule has 0 radical (unpaired) electrons. The van der Waals surface area contributed by atoms with Crippen molar-refractivity contribution in [1.82, 2.24) is 0 Å². The van der Waals surface area contributed by atoms with E-state index in [2.05, 4.69) is 125 Å². The van der Waals surface area contributed by atoms with Gasteiger partial charge in [0, 0.05) is 8.07 Å². The van der Waals surface area contributed by atoms with Gasteiger partial charge in [-0.3, -0.25) is 0 Å². The molecule has 1 aromatic carbocycles. The van der Waals surface area contributed by atoms with Gasteiger partial charge in [0.2, 0.25) is 0 Å². The fraction of sp³-hybridized carbons (Fsp3) is 0.586. The fourth-order valence-corrected chi connectivity index (χ4v) is 7.13. The van der Waals surface area contributed by atoms with E-state index < -0.39 is 24.2 Å². The van der Waals surface area contributed by atoms with E-state index in [0.717, 1.165) is 12.2 Å². The Hall–Kier alpha value is 0.384. The number of allylic oxidation sites excluding steroid dienone is 4.